The number of carbonyl (C=O) groups is 1. The van der Waals surface area contributed by atoms with E-state index in [4.69, 9.17) is 33.7 Å². The van der Waals surface area contributed by atoms with Gasteiger partial charge in [0.05, 0.1) is 10.7 Å². The lowest BCUT2D eigenvalue weighted by atomic mass is 10.2. The first-order valence-electron chi connectivity index (χ1n) is 6.19. The van der Waals surface area contributed by atoms with Crippen molar-refractivity contribution in [2.24, 2.45) is 0 Å². The third-order valence-corrected chi connectivity index (χ3v) is 3.31. The summed E-state index contributed by atoms with van der Waals surface area (Å²) in [4.78, 5) is 11.8. The van der Waals surface area contributed by atoms with Gasteiger partial charge in [0.2, 0.25) is 0 Å². The van der Waals surface area contributed by atoms with Gasteiger partial charge in [-0.15, -0.1) is 0 Å². The molecule has 0 unspecified atom stereocenters. The van der Waals surface area contributed by atoms with E-state index in [9.17, 15) is 4.79 Å². The number of rotatable bonds is 4. The predicted molar refractivity (Wildman–Crippen MR) is 86.2 cm³/mol. The summed E-state index contributed by atoms with van der Waals surface area (Å²) in [6, 6.07) is 10.1. The molecule has 21 heavy (non-hydrogen) atoms. The molecule has 2 rings (SSSR count). The Morgan fingerprint density at radius 2 is 2.00 bits per heavy atom. The molecular formula is C15H14Cl2N2O2. The van der Waals surface area contributed by atoms with Crippen LogP contribution in [-0.2, 0) is 4.79 Å². The highest BCUT2D eigenvalue weighted by Gasteiger charge is 2.08. The van der Waals surface area contributed by atoms with Crippen LogP contribution in [0.4, 0.5) is 11.4 Å². The van der Waals surface area contributed by atoms with E-state index in [-0.39, 0.29) is 12.5 Å². The maximum atomic E-state index is 11.8. The van der Waals surface area contributed by atoms with Crippen LogP contribution in [0, 0.1) is 6.92 Å². The lowest BCUT2D eigenvalue weighted by Crippen LogP contribution is -2.20. The Morgan fingerprint density at radius 1 is 1.24 bits per heavy atom. The third-order valence-electron chi connectivity index (χ3n) is 2.76. The van der Waals surface area contributed by atoms with Crippen molar-refractivity contribution in [1.29, 1.82) is 0 Å². The Kier molecular flexibility index (Phi) is 4.94. The Balaban J connectivity index is 1.96. The molecule has 0 aliphatic rings. The molecule has 0 aliphatic carbocycles. The van der Waals surface area contributed by atoms with E-state index >= 15 is 0 Å². The zero-order valence-electron chi connectivity index (χ0n) is 11.3. The number of nitrogens with two attached hydrogens (primary N) is 1. The zero-order chi connectivity index (χ0) is 15.4. The van der Waals surface area contributed by atoms with Crippen molar-refractivity contribution in [1.82, 2.24) is 0 Å². The van der Waals surface area contributed by atoms with Gasteiger partial charge >= 0.3 is 0 Å². The maximum Gasteiger partial charge on any atom is 0.262 e. The van der Waals surface area contributed by atoms with E-state index < -0.39 is 0 Å². The van der Waals surface area contributed by atoms with Crippen LogP contribution in [-0.4, -0.2) is 12.5 Å². The van der Waals surface area contributed by atoms with E-state index in [2.05, 4.69) is 5.32 Å². The molecule has 0 atom stereocenters. The molecule has 0 aromatic heterocycles. The van der Waals surface area contributed by atoms with Gasteiger partial charge in [0.25, 0.3) is 5.91 Å². The summed E-state index contributed by atoms with van der Waals surface area (Å²) in [5.41, 5.74) is 7.48. The monoisotopic (exact) mass is 324 g/mol. The molecule has 0 heterocycles. The third kappa shape index (κ3) is 4.28. The quantitative estimate of drug-likeness (QED) is 0.838. The van der Waals surface area contributed by atoms with Gasteiger partial charge in [0.15, 0.2) is 6.61 Å². The Labute approximate surface area is 132 Å². The average Bonchev–Trinajstić information content (AvgIpc) is 2.41. The van der Waals surface area contributed by atoms with Crippen LogP contribution < -0.4 is 15.8 Å². The van der Waals surface area contributed by atoms with E-state index in [1.165, 1.54) is 0 Å². The smallest absolute Gasteiger partial charge is 0.262 e. The highest BCUT2D eigenvalue weighted by Crippen LogP contribution is 2.24. The summed E-state index contributed by atoms with van der Waals surface area (Å²) >= 11 is 11.8. The van der Waals surface area contributed by atoms with Crippen LogP contribution in [0.15, 0.2) is 36.4 Å². The first-order valence-corrected chi connectivity index (χ1v) is 6.95. The number of aryl methyl sites for hydroxylation is 1. The molecule has 0 aliphatic heterocycles. The van der Waals surface area contributed by atoms with Crippen molar-refractivity contribution in [3.05, 3.63) is 52.0 Å². The van der Waals surface area contributed by atoms with Gasteiger partial charge in [0, 0.05) is 10.7 Å². The molecule has 0 saturated carbocycles. The second-order valence-electron chi connectivity index (χ2n) is 4.49. The largest absolute Gasteiger partial charge is 0.483 e. The minimum atomic E-state index is -0.309. The fraction of sp³-hybridized carbons (Fsp3) is 0.133. The SMILES string of the molecule is Cc1cc(Cl)ccc1OCC(=O)Nc1ccc(N)cc1Cl. The topological polar surface area (TPSA) is 64.3 Å². The molecule has 0 radical (unpaired) electrons. The number of halogens is 2. The van der Waals surface area contributed by atoms with Gasteiger partial charge in [-0.1, -0.05) is 23.2 Å². The van der Waals surface area contributed by atoms with Crippen molar-refractivity contribution < 1.29 is 9.53 Å². The number of hydrogen-bond donors (Lipinski definition) is 2. The summed E-state index contributed by atoms with van der Waals surface area (Å²) in [6.45, 7) is 1.74. The molecular weight excluding hydrogens is 311 g/mol. The molecule has 3 N–H and O–H groups in total. The summed E-state index contributed by atoms with van der Waals surface area (Å²) in [6.07, 6.45) is 0. The molecule has 2 aromatic rings. The Bertz CT molecular complexity index is 675. The summed E-state index contributed by atoms with van der Waals surface area (Å²) in [7, 11) is 0. The number of hydrogen-bond acceptors (Lipinski definition) is 3. The molecule has 6 heteroatoms. The van der Waals surface area contributed by atoms with Gasteiger partial charge < -0.3 is 15.8 Å². The molecule has 4 nitrogen and oxygen atoms in total. The van der Waals surface area contributed by atoms with Crippen LogP contribution in [0.25, 0.3) is 0 Å². The number of carbonyl (C=O) groups excluding carboxylic acids is 1. The molecule has 0 saturated heterocycles. The second-order valence-corrected chi connectivity index (χ2v) is 5.33. The van der Waals surface area contributed by atoms with Gasteiger partial charge in [-0.3, -0.25) is 4.79 Å². The molecule has 0 fully saturated rings. The number of anilines is 2. The fourth-order valence-electron chi connectivity index (χ4n) is 1.74. The normalized spacial score (nSPS) is 10.2. The number of amides is 1. The van der Waals surface area contributed by atoms with E-state index in [1.807, 2.05) is 6.92 Å². The minimum absolute atomic E-state index is 0.122. The van der Waals surface area contributed by atoms with Gasteiger partial charge in [-0.05, 0) is 48.9 Å². The van der Waals surface area contributed by atoms with Crippen molar-refractivity contribution in [3.8, 4) is 5.75 Å². The van der Waals surface area contributed by atoms with Gasteiger partial charge in [0.1, 0.15) is 5.75 Å². The molecule has 1 amide bonds. The maximum absolute atomic E-state index is 11.8. The first kappa shape index (κ1) is 15.5. The number of ether oxygens (including phenoxy) is 1. The predicted octanol–water partition coefficient (Wildman–Crippen LogP) is 3.90. The summed E-state index contributed by atoms with van der Waals surface area (Å²) < 4.78 is 5.45. The Morgan fingerprint density at radius 3 is 2.67 bits per heavy atom. The average molecular weight is 325 g/mol. The lowest BCUT2D eigenvalue weighted by Gasteiger charge is -2.11. The standard InChI is InChI=1S/C15H14Cl2N2O2/c1-9-6-10(16)2-5-14(9)21-8-15(20)19-13-4-3-11(18)7-12(13)17/h2-7H,8,18H2,1H3,(H,19,20). The molecule has 0 bridgehead atoms. The van der Waals surface area contributed by atoms with Crippen LogP contribution >= 0.6 is 23.2 Å². The van der Waals surface area contributed by atoms with Crippen LogP contribution in [0.3, 0.4) is 0 Å². The zero-order valence-corrected chi connectivity index (χ0v) is 12.8. The number of nitrogens with one attached hydrogen (secondary N) is 1. The highest BCUT2D eigenvalue weighted by atomic mass is 35.5. The van der Waals surface area contributed by atoms with Crippen molar-refractivity contribution >= 4 is 40.5 Å². The molecule has 0 spiro atoms. The minimum Gasteiger partial charge on any atom is -0.483 e. The van der Waals surface area contributed by atoms with Crippen molar-refractivity contribution in [2.75, 3.05) is 17.7 Å². The first-order chi connectivity index (χ1) is 9.95. The van der Waals surface area contributed by atoms with Crippen molar-refractivity contribution in [2.45, 2.75) is 6.92 Å². The fourth-order valence-corrected chi connectivity index (χ4v) is 2.20. The van der Waals surface area contributed by atoms with E-state index in [0.717, 1.165) is 5.56 Å². The lowest BCUT2D eigenvalue weighted by molar-refractivity contribution is -0.118. The molecule has 2 aromatic carbocycles. The van der Waals surface area contributed by atoms with Gasteiger partial charge in [-0.2, -0.15) is 0 Å². The molecule has 110 valence electrons. The van der Waals surface area contributed by atoms with Crippen LogP contribution in [0.2, 0.25) is 10.0 Å². The Hall–Kier alpha value is -1.91. The van der Waals surface area contributed by atoms with Gasteiger partial charge in [-0.25, -0.2) is 0 Å². The number of nitrogen functional groups attached to an aromatic ring is 1. The van der Waals surface area contributed by atoms with E-state index in [0.29, 0.717) is 27.2 Å². The van der Waals surface area contributed by atoms with E-state index in [1.54, 1.807) is 36.4 Å². The van der Waals surface area contributed by atoms with Crippen LogP contribution in [0.5, 0.6) is 5.75 Å². The second kappa shape index (κ2) is 6.70. The summed E-state index contributed by atoms with van der Waals surface area (Å²) in [5, 5.41) is 3.66. The van der Waals surface area contributed by atoms with Crippen LogP contribution in [0.1, 0.15) is 5.56 Å². The van der Waals surface area contributed by atoms with Crippen molar-refractivity contribution in [3.63, 3.8) is 0 Å². The highest BCUT2D eigenvalue weighted by molar-refractivity contribution is 6.34. The number of benzene rings is 2. The summed E-state index contributed by atoms with van der Waals surface area (Å²) in [5.74, 6) is 0.300.